The van der Waals surface area contributed by atoms with E-state index >= 15 is 0 Å². The van der Waals surface area contributed by atoms with Crippen LogP contribution in [0.3, 0.4) is 0 Å². The molecule has 21 heavy (non-hydrogen) atoms. The Kier molecular flexibility index (Phi) is 3.57. The Morgan fingerprint density at radius 2 is 2.29 bits per heavy atom. The van der Waals surface area contributed by atoms with E-state index in [9.17, 15) is 0 Å². The molecular formula is C16H24N4O. The van der Waals surface area contributed by atoms with Gasteiger partial charge in [0.1, 0.15) is 6.29 Å². The molecule has 1 aromatic heterocycles. The number of pyridine rings is 1. The highest BCUT2D eigenvalue weighted by atomic mass is 16.5. The van der Waals surface area contributed by atoms with Crippen LogP contribution in [0, 0.1) is 0 Å². The van der Waals surface area contributed by atoms with Crippen molar-refractivity contribution in [2.75, 3.05) is 25.1 Å². The van der Waals surface area contributed by atoms with Crippen molar-refractivity contribution in [1.82, 2.24) is 15.2 Å². The molecule has 1 aromatic rings. The molecule has 4 rings (SSSR count). The van der Waals surface area contributed by atoms with E-state index in [-0.39, 0.29) is 0 Å². The molecule has 4 unspecified atom stereocenters. The topological polar surface area (TPSA) is 40.6 Å². The largest absolute Gasteiger partial charge is 0.381 e. The number of hydrogen-bond acceptors (Lipinski definition) is 5. The van der Waals surface area contributed by atoms with Gasteiger partial charge in [0.2, 0.25) is 0 Å². The van der Waals surface area contributed by atoms with Crippen molar-refractivity contribution in [3.05, 3.63) is 24.5 Å². The minimum atomic E-state index is 0.327. The fraction of sp³-hybridized carbons (Fsp3) is 0.688. The molecule has 4 atom stereocenters. The third-order valence-corrected chi connectivity index (χ3v) is 5.29. The number of methoxy groups -OCH3 is 1. The zero-order valence-corrected chi connectivity index (χ0v) is 12.6. The third kappa shape index (κ3) is 2.33. The molecule has 0 radical (unpaired) electrons. The predicted octanol–water partition coefficient (Wildman–Crippen LogP) is 1.42. The molecule has 1 aliphatic carbocycles. The molecule has 1 N–H and O–H groups in total. The number of fused-ring (bicyclic) bond motifs is 3. The molecule has 3 heterocycles. The van der Waals surface area contributed by atoms with Crippen LogP contribution < -0.4 is 10.2 Å². The van der Waals surface area contributed by atoms with Crippen LogP contribution in [0.2, 0.25) is 0 Å². The summed E-state index contributed by atoms with van der Waals surface area (Å²) in [6.45, 7) is 2.31. The second kappa shape index (κ2) is 5.55. The summed E-state index contributed by atoms with van der Waals surface area (Å²) in [6.07, 6.45) is 9.36. The molecular weight excluding hydrogens is 264 g/mol. The van der Waals surface area contributed by atoms with Gasteiger partial charge in [-0.1, -0.05) is 0 Å². The first-order valence-electron chi connectivity index (χ1n) is 8.08. The van der Waals surface area contributed by atoms with E-state index in [1.807, 2.05) is 25.6 Å². The van der Waals surface area contributed by atoms with Gasteiger partial charge in [-0.05, 0) is 37.8 Å². The molecule has 0 amide bonds. The highest BCUT2D eigenvalue weighted by molar-refractivity contribution is 5.45. The van der Waals surface area contributed by atoms with Gasteiger partial charge in [-0.3, -0.25) is 15.2 Å². The number of aromatic nitrogens is 1. The van der Waals surface area contributed by atoms with Gasteiger partial charge in [-0.25, -0.2) is 0 Å². The molecule has 3 fully saturated rings. The molecule has 2 saturated heterocycles. The number of hydrogen-bond donors (Lipinski definition) is 1. The van der Waals surface area contributed by atoms with E-state index in [4.69, 9.17) is 4.74 Å². The first kappa shape index (κ1) is 13.5. The maximum absolute atomic E-state index is 5.58. The van der Waals surface area contributed by atoms with Crippen molar-refractivity contribution in [2.45, 2.75) is 50.2 Å². The van der Waals surface area contributed by atoms with Crippen LogP contribution in [0.5, 0.6) is 0 Å². The van der Waals surface area contributed by atoms with E-state index in [0.29, 0.717) is 24.5 Å². The number of nitrogens with zero attached hydrogens (tertiary/aromatic N) is 3. The second-order valence-corrected chi connectivity index (χ2v) is 6.38. The summed E-state index contributed by atoms with van der Waals surface area (Å²) in [5, 5.41) is 3.85. The Hall–Kier alpha value is -1.17. The summed E-state index contributed by atoms with van der Waals surface area (Å²) in [7, 11) is 1.84. The molecule has 0 aromatic carbocycles. The van der Waals surface area contributed by atoms with E-state index in [0.717, 1.165) is 13.0 Å². The third-order valence-electron chi connectivity index (χ3n) is 5.29. The van der Waals surface area contributed by atoms with Crippen LogP contribution in [-0.2, 0) is 4.74 Å². The lowest BCUT2D eigenvalue weighted by atomic mass is 9.88. The van der Waals surface area contributed by atoms with Gasteiger partial charge in [0.05, 0.1) is 18.0 Å². The lowest BCUT2D eigenvalue weighted by molar-refractivity contribution is 0.0415. The summed E-state index contributed by atoms with van der Waals surface area (Å²) >= 11 is 0. The SMILES string of the molecule is COC1CCC2C(C1)NC1N(c3cccnc3)CCCN21. The van der Waals surface area contributed by atoms with Crippen LogP contribution >= 0.6 is 0 Å². The van der Waals surface area contributed by atoms with Crippen molar-refractivity contribution < 1.29 is 4.74 Å². The van der Waals surface area contributed by atoms with Crippen molar-refractivity contribution in [2.24, 2.45) is 0 Å². The number of rotatable bonds is 2. The van der Waals surface area contributed by atoms with E-state index < -0.39 is 0 Å². The quantitative estimate of drug-likeness (QED) is 0.891. The lowest BCUT2D eigenvalue weighted by Crippen LogP contribution is -2.56. The Labute approximate surface area is 126 Å². The first-order chi connectivity index (χ1) is 10.4. The number of anilines is 1. The first-order valence-corrected chi connectivity index (χ1v) is 8.08. The van der Waals surface area contributed by atoms with Crippen molar-refractivity contribution in [3.63, 3.8) is 0 Å². The van der Waals surface area contributed by atoms with Gasteiger partial charge in [-0.15, -0.1) is 0 Å². The van der Waals surface area contributed by atoms with Gasteiger partial charge in [0.25, 0.3) is 0 Å². The van der Waals surface area contributed by atoms with Crippen molar-refractivity contribution in [1.29, 1.82) is 0 Å². The van der Waals surface area contributed by atoms with Gasteiger partial charge in [0.15, 0.2) is 0 Å². The lowest BCUT2D eigenvalue weighted by Gasteiger charge is -2.43. The Balaban J connectivity index is 1.56. The average Bonchev–Trinajstić information content (AvgIpc) is 2.93. The smallest absolute Gasteiger partial charge is 0.138 e. The zero-order chi connectivity index (χ0) is 14.2. The minimum Gasteiger partial charge on any atom is -0.381 e. The summed E-state index contributed by atoms with van der Waals surface area (Å²) in [6, 6.07) is 5.42. The van der Waals surface area contributed by atoms with Crippen LogP contribution in [0.25, 0.3) is 0 Å². The maximum Gasteiger partial charge on any atom is 0.138 e. The number of ether oxygens (including phenoxy) is 1. The molecule has 3 aliphatic rings. The van der Waals surface area contributed by atoms with Gasteiger partial charge in [-0.2, -0.15) is 0 Å². The molecule has 1 saturated carbocycles. The Morgan fingerprint density at radius 1 is 1.33 bits per heavy atom. The Bertz CT molecular complexity index is 482. The minimum absolute atomic E-state index is 0.327. The fourth-order valence-electron chi connectivity index (χ4n) is 4.27. The molecule has 114 valence electrons. The molecule has 5 heteroatoms. The predicted molar refractivity (Wildman–Crippen MR) is 82.1 cm³/mol. The monoisotopic (exact) mass is 288 g/mol. The molecule has 0 spiro atoms. The Morgan fingerprint density at radius 3 is 3.10 bits per heavy atom. The number of nitrogens with one attached hydrogen (secondary N) is 1. The highest BCUT2D eigenvalue weighted by Gasteiger charge is 2.47. The summed E-state index contributed by atoms with van der Waals surface area (Å²) in [5.41, 5.74) is 1.22. The molecule has 0 bridgehead atoms. The second-order valence-electron chi connectivity index (χ2n) is 6.38. The molecule has 2 aliphatic heterocycles. The van der Waals surface area contributed by atoms with E-state index in [1.165, 1.54) is 31.5 Å². The van der Waals surface area contributed by atoms with Crippen LogP contribution in [0.15, 0.2) is 24.5 Å². The maximum atomic E-state index is 5.58. The van der Waals surface area contributed by atoms with E-state index in [2.05, 4.69) is 26.2 Å². The van der Waals surface area contributed by atoms with Crippen LogP contribution in [0.1, 0.15) is 25.7 Å². The van der Waals surface area contributed by atoms with Crippen LogP contribution in [0.4, 0.5) is 5.69 Å². The summed E-state index contributed by atoms with van der Waals surface area (Å²) in [4.78, 5) is 9.41. The van der Waals surface area contributed by atoms with Crippen molar-refractivity contribution in [3.8, 4) is 0 Å². The van der Waals surface area contributed by atoms with E-state index in [1.54, 1.807) is 0 Å². The normalized spacial score (nSPS) is 36.3. The summed E-state index contributed by atoms with van der Waals surface area (Å²) < 4.78 is 5.58. The molecule has 5 nitrogen and oxygen atoms in total. The van der Waals surface area contributed by atoms with Crippen molar-refractivity contribution >= 4 is 5.69 Å². The van der Waals surface area contributed by atoms with Crippen LogP contribution in [-0.4, -0.2) is 54.6 Å². The average molecular weight is 288 g/mol. The fourth-order valence-corrected chi connectivity index (χ4v) is 4.27. The van der Waals surface area contributed by atoms with Gasteiger partial charge < -0.3 is 9.64 Å². The summed E-state index contributed by atoms with van der Waals surface area (Å²) in [5.74, 6) is 0. The van der Waals surface area contributed by atoms with Gasteiger partial charge in [0, 0.05) is 38.5 Å². The standard InChI is InChI=1S/C16H24N4O/c1-21-13-5-6-15-14(10-13)18-16-19(8-3-9-20(15)16)12-4-2-7-17-11-12/h2,4,7,11,13-16,18H,3,5-6,8-10H2,1H3. The highest BCUT2D eigenvalue weighted by Crippen LogP contribution is 2.35. The van der Waals surface area contributed by atoms with Gasteiger partial charge >= 0.3 is 0 Å². The zero-order valence-electron chi connectivity index (χ0n) is 12.6.